The number of nitrogen functional groups attached to an aromatic ring is 1. The predicted octanol–water partition coefficient (Wildman–Crippen LogP) is 1.33. The fourth-order valence-corrected chi connectivity index (χ4v) is 1.16. The number of methoxy groups -OCH3 is 1. The molecule has 2 N–H and O–H groups in total. The summed E-state index contributed by atoms with van der Waals surface area (Å²) in [4.78, 5) is 0. The summed E-state index contributed by atoms with van der Waals surface area (Å²) in [6.07, 6.45) is 0. The standard InChI is InChI=1S/C9H9N3O2/c1-13-7-5-3-2-4-6(7)8-11-12-9(10)14-8/h2-5H,1H3,(H2,10,12). The number of ether oxygens (including phenoxy) is 1. The SMILES string of the molecule is COc1ccccc1-c1nnc(N)o1. The van der Waals surface area contributed by atoms with E-state index < -0.39 is 0 Å². The Kier molecular flexibility index (Phi) is 2.06. The first-order valence-corrected chi connectivity index (χ1v) is 4.03. The maximum atomic E-state index is 5.33. The summed E-state index contributed by atoms with van der Waals surface area (Å²) in [6.45, 7) is 0. The third-order valence-electron chi connectivity index (χ3n) is 1.78. The molecular weight excluding hydrogens is 182 g/mol. The molecule has 0 atom stereocenters. The van der Waals surface area contributed by atoms with Gasteiger partial charge in [-0.15, -0.1) is 5.10 Å². The topological polar surface area (TPSA) is 74.2 Å². The van der Waals surface area contributed by atoms with Gasteiger partial charge in [-0.3, -0.25) is 0 Å². The smallest absolute Gasteiger partial charge is 0.313 e. The molecule has 1 heterocycles. The van der Waals surface area contributed by atoms with Crippen LogP contribution in [0.5, 0.6) is 5.75 Å². The number of rotatable bonds is 2. The Hall–Kier alpha value is -2.04. The first-order valence-electron chi connectivity index (χ1n) is 4.03. The molecule has 5 nitrogen and oxygen atoms in total. The van der Waals surface area contributed by atoms with Crippen molar-refractivity contribution in [1.82, 2.24) is 10.2 Å². The molecular formula is C9H9N3O2. The molecule has 5 heteroatoms. The third kappa shape index (κ3) is 1.39. The Bertz CT molecular complexity index is 439. The Labute approximate surface area is 80.5 Å². The Morgan fingerprint density at radius 1 is 1.29 bits per heavy atom. The zero-order chi connectivity index (χ0) is 9.97. The lowest BCUT2D eigenvalue weighted by Crippen LogP contribution is -1.87. The minimum absolute atomic E-state index is 0.0471. The number of nitrogens with two attached hydrogens (primary N) is 1. The largest absolute Gasteiger partial charge is 0.496 e. The molecule has 72 valence electrons. The summed E-state index contributed by atoms with van der Waals surface area (Å²) < 4.78 is 10.2. The van der Waals surface area contributed by atoms with E-state index in [2.05, 4.69) is 10.2 Å². The molecule has 0 aliphatic carbocycles. The van der Waals surface area contributed by atoms with Crippen molar-refractivity contribution in [3.05, 3.63) is 24.3 Å². The van der Waals surface area contributed by atoms with Gasteiger partial charge in [0.15, 0.2) is 0 Å². The highest BCUT2D eigenvalue weighted by molar-refractivity contribution is 5.62. The Morgan fingerprint density at radius 3 is 2.71 bits per heavy atom. The molecule has 0 bridgehead atoms. The van der Waals surface area contributed by atoms with Gasteiger partial charge in [0.1, 0.15) is 5.75 Å². The highest BCUT2D eigenvalue weighted by atomic mass is 16.5. The highest BCUT2D eigenvalue weighted by Crippen LogP contribution is 2.28. The average Bonchev–Trinajstić information content (AvgIpc) is 2.65. The molecule has 0 aliphatic rings. The van der Waals surface area contributed by atoms with Gasteiger partial charge in [0.2, 0.25) is 0 Å². The molecule has 14 heavy (non-hydrogen) atoms. The molecule has 0 saturated heterocycles. The first-order chi connectivity index (χ1) is 6.81. The van der Waals surface area contributed by atoms with Gasteiger partial charge in [-0.1, -0.05) is 17.2 Å². The van der Waals surface area contributed by atoms with E-state index in [0.29, 0.717) is 11.6 Å². The van der Waals surface area contributed by atoms with Crippen molar-refractivity contribution < 1.29 is 9.15 Å². The van der Waals surface area contributed by atoms with Crippen molar-refractivity contribution in [2.45, 2.75) is 0 Å². The lowest BCUT2D eigenvalue weighted by atomic mass is 10.2. The monoisotopic (exact) mass is 191 g/mol. The fraction of sp³-hybridized carbons (Fsp3) is 0.111. The van der Waals surface area contributed by atoms with Gasteiger partial charge in [-0.05, 0) is 12.1 Å². The maximum Gasteiger partial charge on any atom is 0.313 e. The molecule has 0 saturated carbocycles. The third-order valence-corrected chi connectivity index (χ3v) is 1.78. The quantitative estimate of drug-likeness (QED) is 0.775. The number of hydrogen-bond acceptors (Lipinski definition) is 5. The minimum Gasteiger partial charge on any atom is -0.496 e. The van der Waals surface area contributed by atoms with Crippen molar-refractivity contribution in [2.24, 2.45) is 0 Å². The molecule has 1 aromatic carbocycles. The van der Waals surface area contributed by atoms with Crippen molar-refractivity contribution >= 4 is 6.01 Å². The first kappa shape index (κ1) is 8.55. The van der Waals surface area contributed by atoms with Crippen molar-refractivity contribution in [3.8, 4) is 17.2 Å². The average molecular weight is 191 g/mol. The number of aromatic nitrogens is 2. The highest BCUT2D eigenvalue weighted by Gasteiger charge is 2.10. The van der Waals surface area contributed by atoms with Crippen LogP contribution >= 0.6 is 0 Å². The van der Waals surface area contributed by atoms with Gasteiger partial charge >= 0.3 is 6.01 Å². The van der Waals surface area contributed by atoms with Crippen molar-refractivity contribution in [2.75, 3.05) is 12.8 Å². The minimum atomic E-state index is 0.0471. The maximum absolute atomic E-state index is 5.33. The van der Waals surface area contributed by atoms with Gasteiger partial charge in [0.05, 0.1) is 12.7 Å². The van der Waals surface area contributed by atoms with Gasteiger partial charge in [0, 0.05) is 0 Å². The second-order valence-corrected chi connectivity index (χ2v) is 2.65. The van der Waals surface area contributed by atoms with Crippen LogP contribution in [-0.4, -0.2) is 17.3 Å². The molecule has 2 rings (SSSR count). The van der Waals surface area contributed by atoms with E-state index in [0.717, 1.165) is 5.56 Å². The summed E-state index contributed by atoms with van der Waals surface area (Å²) in [5.41, 5.74) is 6.06. The van der Waals surface area contributed by atoms with E-state index in [4.69, 9.17) is 14.9 Å². The summed E-state index contributed by atoms with van der Waals surface area (Å²) in [7, 11) is 1.58. The van der Waals surface area contributed by atoms with E-state index in [1.807, 2.05) is 24.3 Å². The predicted molar refractivity (Wildman–Crippen MR) is 50.7 cm³/mol. The van der Waals surface area contributed by atoms with Crippen molar-refractivity contribution in [3.63, 3.8) is 0 Å². The Morgan fingerprint density at radius 2 is 2.07 bits per heavy atom. The number of para-hydroxylation sites is 1. The van der Waals surface area contributed by atoms with Crippen LogP contribution in [-0.2, 0) is 0 Å². The van der Waals surface area contributed by atoms with Crippen LogP contribution in [0.4, 0.5) is 6.01 Å². The van der Waals surface area contributed by atoms with E-state index >= 15 is 0 Å². The van der Waals surface area contributed by atoms with Crippen LogP contribution in [0.25, 0.3) is 11.5 Å². The van der Waals surface area contributed by atoms with Crippen LogP contribution < -0.4 is 10.5 Å². The summed E-state index contributed by atoms with van der Waals surface area (Å²) in [5, 5.41) is 7.35. The molecule has 1 aromatic heterocycles. The van der Waals surface area contributed by atoms with E-state index in [-0.39, 0.29) is 6.01 Å². The molecule has 0 radical (unpaired) electrons. The van der Waals surface area contributed by atoms with E-state index in [9.17, 15) is 0 Å². The van der Waals surface area contributed by atoms with Crippen LogP contribution in [0, 0.1) is 0 Å². The number of nitrogens with zero attached hydrogens (tertiary/aromatic N) is 2. The summed E-state index contributed by atoms with van der Waals surface area (Å²) in [5.74, 6) is 1.04. The van der Waals surface area contributed by atoms with Gasteiger partial charge in [0.25, 0.3) is 5.89 Å². The molecule has 0 spiro atoms. The summed E-state index contributed by atoms with van der Waals surface area (Å²) >= 11 is 0. The zero-order valence-electron chi connectivity index (χ0n) is 7.60. The molecule has 0 amide bonds. The van der Waals surface area contributed by atoms with Gasteiger partial charge < -0.3 is 14.9 Å². The van der Waals surface area contributed by atoms with Crippen LogP contribution in [0.2, 0.25) is 0 Å². The van der Waals surface area contributed by atoms with Gasteiger partial charge in [-0.25, -0.2) is 0 Å². The van der Waals surface area contributed by atoms with E-state index in [1.165, 1.54) is 0 Å². The second kappa shape index (κ2) is 3.37. The molecule has 0 unspecified atom stereocenters. The Balaban J connectivity index is 2.50. The molecule has 0 fully saturated rings. The van der Waals surface area contributed by atoms with Crippen LogP contribution in [0.15, 0.2) is 28.7 Å². The summed E-state index contributed by atoms with van der Waals surface area (Å²) in [6, 6.07) is 7.41. The lowest BCUT2D eigenvalue weighted by Gasteiger charge is -2.02. The second-order valence-electron chi connectivity index (χ2n) is 2.65. The van der Waals surface area contributed by atoms with E-state index in [1.54, 1.807) is 7.11 Å². The number of benzene rings is 1. The lowest BCUT2D eigenvalue weighted by molar-refractivity contribution is 0.414. The van der Waals surface area contributed by atoms with Gasteiger partial charge in [-0.2, -0.15) is 0 Å². The normalized spacial score (nSPS) is 10.1. The van der Waals surface area contributed by atoms with Crippen LogP contribution in [0.1, 0.15) is 0 Å². The molecule has 2 aromatic rings. The van der Waals surface area contributed by atoms with Crippen molar-refractivity contribution in [1.29, 1.82) is 0 Å². The number of anilines is 1. The van der Waals surface area contributed by atoms with Crippen LogP contribution in [0.3, 0.4) is 0 Å². The zero-order valence-corrected chi connectivity index (χ0v) is 7.60. The number of hydrogen-bond donors (Lipinski definition) is 1. The fourth-order valence-electron chi connectivity index (χ4n) is 1.16. The molecule has 0 aliphatic heterocycles.